The quantitative estimate of drug-likeness (QED) is 0.446. The first kappa shape index (κ1) is 27.2. The van der Waals surface area contributed by atoms with E-state index in [1.54, 1.807) is 4.90 Å². The first-order valence-electron chi connectivity index (χ1n) is 12.3. The van der Waals surface area contributed by atoms with Crippen LogP contribution in [-0.2, 0) is 22.6 Å². The van der Waals surface area contributed by atoms with Gasteiger partial charge >= 0.3 is 0 Å². The van der Waals surface area contributed by atoms with Crippen LogP contribution in [-0.4, -0.2) is 42.0 Å². The highest BCUT2D eigenvalue weighted by Gasteiger charge is 2.28. The fourth-order valence-corrected chi connectivity index (χ4v) is 3.84. The van der Waals surface area contributed by atoms with Crippen LogP contribution in [0.1, 0.15) is 64.2 Å². The molecule has 2 aromatic carbocycles. The summed E-state index contributed by atoms with van der Waals surface area (Å²) in [5, 5.41) is 2.97. The topological polar surface area (TPSA) is 67.9 Å². The van der Waals surface area contributed by atoms with Crippen LogP contribution >= 0.6 is 0 Å². The second kappa shape index (κ2) is 13.6. The molecule has 34 heavy (non-hydrogen) atoms. The van der Waals surface area contributed by atoms with Gasteiger partial charge in [-0.05, 0) is 70.7 Å². The molecule has 186 valence electrons. The van der Waals surface area contributed by atoms with E-state index in [9.17, 15) is 9.59 Å². The summed E-state index contributed by atoms with van der Waals surface area (Å²) < 4.78 is 11.4. The summed E-state index contributed by atoms with van der Waals surface area (Å²) in [6, 6.07) is 13.4. The van der Waals surface area contributed by atoms with Crippen LogP contribution in [0.15, 0.2) is 42.5 Å². The molecule has 0 aliphatic heterocycles. The molecule has 0 radical (unpaired) electrons. The Morgan fingerprint density at radius 1 is 0.912 bits per heavy atom. The number of hydrogen-bond donors (Lipinski definition) is 1. The van der Waals surface area contributed by atoms with Gasteiger partial charge in [0.15, 0.2) is 11.5 Å². The van der Waals surface area contributed by atoms with Crippen molar-refractivity contribution >= 4 is 11.8 Å². The molecule has 0 aromatic heterocycles. The minimum Gasteiger partial charge on any atom is -0.490 e. The van der Waals surface area contributed by atoms with Crippen molar-refractivity contribution in [2.75, 3.05) is 13.2 Å². The third kappa shape index (κ3) is 8.08. The molecular formula is C28H40N2O4. The van der Waals surface area contributed by atoms with Gasteiger partial charge in [0.05, 0.1) is 13.2 Å². The lowest BCUT2D eigenvalue weighted by atomic mass is 10.0. The Bertz CT molecular complexity index is 925. The lowest BCUT2D eigenvalue weighted by molar-refractivity contribution is -0.141. The predicted octanol–water partition coefficient (Wildman–Crippen LogP) is 5.06. The maximum Gasteiger partial charge on any atom is 0.243 e. The van der Waals surface area contributed by atoms with Gasteiger partial charge < -0.3 is 19.7 Å². The zero-order valence-electron chi connectivity index (χ0n) is 21.5. The third-order valence-electron chi connectivity index (χ3n) is 5.53. The zero-order valence-corrected chi connectivity index (χ0v) is 21.5. The van der Waals surface area contributed by atoms with E-state index in [1.165, 1.54) is 0 Å². The standard InChI is InChI=1S/C28H40N2O4/c1-7-24(28(32)29-20(4)5)30(19-23-12-10-21(6)11-13-23)27(31)17-15-22-14-16-25(33-8-2)26(18-22)34-9-3/h10-14,16,18,20,24H,7-9,15,17,19H2,1-6H3,(H,29,32)/t24-/m0/s1. The monoisotopic (exact) mass is 468 g/mol. The van der Waals surface area contributed by atoms with Crippen molar-refractivity contribution in [3.8, 4) is 11.5 Å². The highest BCUT2D eigenvalue weighted by molar-refractivity contribution is 5.87. The fraction of sp³-hybridized carbons (Fsp3) is 0.500. The molecule has 0 saturated carbocycles. The number of amides is 2. The summed E-state index contributed by atoms with van der Waals surface area (Å²) in [6.45, 7) is 13.2. The second-order valence-electron chi connectivity index (χ2n) is 8.74. The van der Waals surface area contributed by atoms with Crippen molar-refractivity contribution < 1.29 is 19.1 Å². The summed E-state index contributed by atoms with van der Waals surface area (Å²) in [5.74, 6) is 1.24. The van der Waals surface area contributed by atoms with E-state index in [4.69, 9.17) is 9.47 Å². The Morgan fingerprint density at radius 2 is 1.53 bits per heavy atom. The minimum absolute atomic E-state index is 0.0127. The van der Waals surface area contributed by atoms with E-state index in [1.807, 2.05) is 84.0 Å². The van der Waals surface area contributed by atoms with Gasteiger partial charge in [0, 0.05) is 19.0 Å². The Balaban J connectivity index is 2.22. The fourth-order valence-electron chi connectivity index (χ4n) is 3.84. The maximum absolute atomic E-state index is 13.4. The van der Waals surface area contributed by atoms with Gasteiger partial charge in [0.1, 0.15) is 6.04 Å². The molecule has 0 heterocycles. The smallest absolute Gasteiger partial charge is 0.243 e. The van der Waals surface area contributed by atoms with Gasteiger partial charge in [-0.25, -0.2) is 0 Å². The molecule has 0 fully saturated rings. The van der Waals surface area contributed by atoms with Crippen molar-refractivity contribution in [3.05, 3.63) is 59.2 Å². The average molecular weight is 469 g/mol. The van der Waals surface area contributed by atoms with Crippen molar-refractivity contribution in [2.45, 2.75) is 79.4 Å². The molecule has 0 bridgehead atoms. The first-order chi connectivity index (χ1) is 16.3. The summed E-state index contributed by atoms with van der Waals surface area (Å²) in [6.07, 6.45) is 1.41. The molecule has 0 aliphatic carbocycles. The van der Waals surface area contributed by atoms with E-state index < -0.39 is 6.04 Å². The van der Waals surface area contributed by atoms with Gasteiger partial charge in [-0.2, -0.15) is 0 Å². The molecule has 0 aliphatic rings. The van der Waals surface area contributed by atoms with Gasteiger partial charge in [-0.15, -0.1) is 0 Å². The van der Waals surface area contributed by atoms with Crippen LogP contribution in [0.5, 0.6) is 11.5 Å². The SMILES string of the molecule is CCOc1ccc(CCC(=O)N(Cc2ccc(C)cc2)[C@@H](CC)C(=O)NC(C)C)cc1OCC. The normalized spacial score (nSPS) is 11.7. The lowest BCUT2D eigenvalue weighted by Crippen LogP contribution is -2.50. The van der Waals surface area contributed by atoms with E-state index in [0.29, 0.717) is 50.5 Å². The van der Waals surface area contributed by atoms with Gasteiger partial charge in [0.25, 0.3) is 0 Å². The highest BCUT2D eigenvalue weighted by Crippen LogP contribution is 2.29. The van der Waals surface area contributed by atoms with E-state index in [2.05, 4.69) is 5.32 Å². The number of hydrogen-bond acceptors (Lipinski definition) is 4. The first-order valence-corrected chi connectivity index (χ1v) is 12.3. The summed E-state index contributed by atoms with van der Waals surface area (Å²) >= 11 is 0. The number of nitrogens with zero attached hydrogens (tertiary/aromatic N) is 1. The van der Waals surface area contributed by atoms with E-state index in [0.717, 1.165) is 16.7 Å². The third-order valence-corrected chi connectivity index (χ3v) is 5.53. The van der Waals surface area contributed by atoms with Gasteiger partial charge in [-0.3, -0.25) is 9.59 Å². The molecular weight excluding hydrogens is 428 g/mol. The summed E-state index contributed by atoms with van der Waals surface area (Å²) in [5.41, 5.74) is 3.16. The van der Waals surface area contributed by atoms with Crippen molar-refractivity contribution in [2.24, 2.45) is 0 Å². The second-order valence-corrected chi connectivity index (χ2v) is 8.74. The van der Waals surface area contributed by atoms with Crippen LogP contribution in [0.2, 0.25) is 0 Å². The van der Waals surface area contributed by atoms with Crippen LogP contribution < -0.4 is 14.8 Å². The van der Waals surface area contributed by atoms with E-state index >= 15 is 0 Å². The molecule has 0 saturated heterocycles. The number of carbonyl (C=O) groups is 2. The van der Waals surface area contributed by atoms with Crippen LogP contribution in [0.4, 0.5) is 0 Å². The maximum atomic E-state index is 13.4. The molecule has 1 atom stereocenters. The van der Waals surface area contributed by atoms with Crippen molar-refractivity contribution in [1.82, 2.24) is 10.2 Å². The molecule has 2 rings (SSSR count). The van der Waals surface area contributed by atoms with Gasteiger partial charge in [0.2, 0.25) is 11.8 Å². The predicted molar refractivity (Wildman–Crippen MR) is 136 cm³/mol. The number of benzene rings is 2. The lowest BCUT2D eigenvalue weighted by Gasteiger charge is -2.31. The number of carbonyl (C=O) groups excluding carboxylic acids is 2. The zero-order chi connectivity index (χ0) is 25.1. The van der Waals surface area contributed by atoms with Crippen LogP contribution in [0, 0.1) is 6.92 Å². The van der Waals surface area contributed by atoms with Crippen molar-refractivity contribution in [3.63, 3.8) is 0 Å². The molecule has 0 spiro atoms. The number of ether oxygens (including phenoxy) is 2. The number of rotatable bonds is 13. The molecule has 6 heteroatoms. The van der Waals surface area contributed by atoms with Gasteiger partial charge in [-0.1, -0.05) is 42.8 Å². The Hall–Kier alpha value is -3.02. The number of nitrogens with one attached hydrogen (secondary N) is 1. The molecule has 6 nitrogen and oxygen atoms in total. The Morgan fingerprint density at radius 3 is 2.12 bits per heavy atom. The largest absolute Gasteiger partial charge is 0.490 e. The Kier molecular flexibility index (Phi) is 10.9. The summed E-state index contributed by atoms with van der Waals surface area (Å²) in [4.78, 5) is 28.1. The molecule has 2 amide bonds. The average Bonchev–Trinajstić information content (AvgIpc) is 2.80. The minimum atomic E-state index is -0.518. The van der Waals surface area contributed by atoms with Crippen LogP contribution in [0.25, 0.3) is 0 Å². The molecule has 1 N–H and O–H groups in total. The number of aryl methyl sites for hydroxylation is 2. The van der Waals surface area contributed by atoms with Crippen molar-refractivity contribution in [1.29, 1.82) is 0 Å². The Labute approximate surface area is 204 Å². The summed E-state index contributed by atoms with van der Waals surface area (Å²) in [7, 11) is 0. The molecule has 0 unspecified atom stereocenters. The highest BCUT2D eigenvalue weighted by atomic mass is 16.5. The van der Waals surface area contributed by atoms with E-state index in [-0.39, 0.29) is 17.9 Å². The molecule has 2 aromatic rings. The van der Waals surface area contributed by atoms with Crippen LogP contribution in [0.3, 0.4) is 0 Å².